The highest BCUT2D eigenvalue weighted by molar-refractivity contribution is 5.76. The van der Waals surface area contributed by atoms with Gasteiger partial charge in [0.2, 0.25) is 5.91 Å². The van der Waals surface area contributed by atoms with Crippen molar-refractivity contribution in [3.63, 3.8) is 0 Å². The quantitative estimate of drug-likeness (QED) is 0.844. The number of hydrogen-bond donors (Lipinski definition) is 2. The van der Waals surface area contributed by atoms with Crippen LogP contribution < -0.4 is 5.32 Å². The minimum atomic E-state index is -0.615. The lowest BCUT2D eigenvalue weighted by atomic mass is 10.1. The van der Waals surface area contributed by atoms with Gasteiger partial charge in [0.15, 0.2) is 0 Å². The summed E-state index contributed by atoms with van der Waals surface area (Å²) in [7, 11) is 0. The lowest BCUT2D eigenvalue weighted by Gasteiger charge is -2.17. The highest BCUT2D eigenvalue weighted by atomic mass is 19.1. The van der Waals surface area contributed by atoms with Gasteiger partial charge in [0.05, 0.1) is 19.3 Å². The number of ether oxygens (including phenoxy) is 2. The molecular formula is C15H18FNO4. The van der Waals surface area contributed by atoms with E-state index in [0.29, 0.717) is 19.4 Å². The summed E-state index contributed by atoms with van der Waals surface area (Å²) < 4.78 is 23.7. The maximum Gasteiger partial charge on any atom is 0.220 e. The summed E-state index contributed by atoms with van der Waals surface area (Å²) in [4.78, 5) is 12.0. The number of amides is 1. The molecule has 4 atom stereocenters. The monoisotopic (exact) mass is 295 g/mol. The van der Waals surface area contributed by atoms with E-state index in [1.54, 1.807) is 12.1 Å². The third-order valence-electron chi connectivity index (χ3n) is 3.93. The number of halogens is 1. The van der Waals surface area contributed by atoms with E-state index in [2.05, 4.69) is 5.32 Å². The predicted octanol–water partition coefficient (Wildman–Crippen LogP) is 0.402. The minimum Gasteiger partial charge on any atom is -0.388 e. The van der Waals surface area contributed by atoms with Crippen molar-refractivity contribution in [3.05, 3.63) is 35.6 Å². The highest BCUT2D eigenvalue weighted by Gasteiger charge is 2.47. The Morgan fingerprint density at radius 3 is 2.71 bits per heavy atom. The number of carbonyl (C=O) groups excluding carboxylic acids is 1. The Bertz CT molecular complexity index is 507. The number of carbonyl (C=O) groups is 1. The maximum absolute atomic E-state index is 12.8. The average Bonchev–Trinajstić information content (AvgIpc) is 3.03. The van der Waals surface area contributed by atoms with E-state index in [-0.39, 0.29) is 36.6 Å². The fourth-order valence-electron chi connectivity index (χ4n) is 2.79. The van der Waals surface area contributed by atoms with Crippen LogP contribution in [-0.4, -0.2) is 48.6 Å². The Hall–Kier alpha value is -1.50. The number of benzene rings is 1. The Kier molecular flexibility index (Phi) is 4.19. The second-order valence-corrected chi connectivity index (χ2v) is 5.46. The van der Waals surface area contributed by atoms with Gasteiger partial charge < -0.3 is 19.9 Å². The molecule has 0 aliphatic carbocycles. The smallest absolute Gasteiger partial charge is 0.220 e. The summed E-state index contributed by atoms with van der Waals surface area (Å²) in [6, 6.07) is 5.90. The van der Waals surface area contributed by atoms with Crippen LogP contribution in [0.2, 0.25) is 0 Å². The zero-order valence-electron chi connectivity index (χ0n) is 11.5. The third kappa shape index (κ3) is 3.23. The average molecular weight is 295 g/mol. The van der Waals surface area contributed by atoms with E-state index in [1.165, 1.54) is 12.1 Å². The molecule has 3 rings (SSSR count). The molecule has 2 saturated heterocycles. The van der Waals surface area contributed by atoms with E-state index in [0.717, 1.165) is 5.56 Å². The van der Waals surface area contributed by atoms with Crippen molar-refractivity contribution < 1.29 is 23.8 Å². The van der Waals surface area contributed by atoms with Gasteiger partial charge >= 0.3 is 0 Å². The normalized spacial score (nSPS) is 31.1. The molecule has 0 radical (unpaired) electrons. The highest BCUT2D eigenvalue weighted by Crippen LogP contribution is 2.26. The zero-order valence-corrected chi connectivity index (χ0v) is 11.5. The molecule has 5 nitrogen and oxygen atoms in total. The van der Waals surface area contributed by atoms with Crippen LogP contribution in [0.25, 0.3) is 0 Å². The first-order valence-electron chi connectivity index (χ1n) is 7.08. The second-order valence-electron chi connectivity index (χ2n) is 5.46. The van der Waals surface area contributed by atoms with E-state index in [9.17, 15) is 14.3 Å². The lowest BCUT2D eigenvalue weighted by molar-refractivity contribution is -0.122. The number of nitrogens with one attached hydrogen (secondary N) is 1. The van der Waals surface area contributed by atoms with Gasteiger partial charge in [-0.05, 0) is 24.1 Å². The van der Waals surface area contributed by atoms with Crippen LogP contribution >= 0.6 is 0 Å². The molecule has 21 heavy (non-hydrogen) atoms. The molecule has 1 aromatic rings. The van der Waals surface area contributed by atoms with Gasteiger partial charge in [-0.15, -0.1) is 0 Å². The molecule has 2 aliphatic rings. The molecule has 114 valence electrons. The molecule has 6 heteroatoms. The number of aliphatic hydroxyl groups is 1. The van der Waals surface area contributed by atoms with Crippen molar-refractivity contribution in [2.24, 2.45) is 0 Å². The summed E-state index contributed by atoms with van der Waals surface area (Å²) in [6.07, 6.45) is -0.349. The van der Waals surface area contributed by atoms with Gasteiger partial charge in [0, 0.05) is 6.42 Å². The van der Waals surface area contributed by atoms with Crippen molar-refractivity contribution in [1.29, 1.82) is 0 Å². The van der Waals surface area contributed by atoms with Crippen molar-refractivity contribution in [2.75, 3.05) is 13.2 Å². The van der Waals surface area contributed by atoms with Crippen LogP contribution in [-0.2, 0) is 20.7 Å². The van der Waals surface area contributed by atoms with E-state index in [1.807, 2.05) is 0 Å². The Labute approximate surface area is 122 Å². The molecule has 2 fully saturated rings. The summed E-state index contributed by atoms with van der Waals surface area (Å²) in [5.74, 6) is -0.382. The topological polar surface area (TPSA) is 67.8 Å². The first kappa shape index (κ1) is 14.4. The van der Waals surface area contributed by atoms with Crippen molar-refractivity contribution in [2.45, 2.75) is 37.2 Å². The van der Waals surface area contributed by atoms with Crippen LogP contribution in [0.5, 0.6) is 0 Å². The molecule has 0 aromatic heterocycles. The molecule has 0 saturated carbocycles. The van der Waals surface area contributed by atoms with Crippen LogP contribution in [0, 0.1) is 5.82 Å². The molecule has 0 spiro atoms. The van der Waals surface area contributed by atoms with Crippen molar-refractivity contribution in [1.82, 2.24) is 5.32 Å². The number of rotatable bonds is 4. The van der Waals surface area contributed by atoms with Gasteiger partial charge in [-0.3, -0.25) is 4.79 Å². The number of hydrogen-bond acceptors (Lipinski definition) is 4. The van der Waals surface area contributed by atoms with Crippen molar-refractivity contribution in [3.8, 4) is 0 Å². The molecule has 2 heterocycles. The van der Waals surface area contributed by atoms with Crippen molar-refractivity contribution >= 4 is 5.91 Å². The summed E-state index contributed by atoms with van der Waals surface area (Å²) >= 11 is 0. The zero-order chi connectivity index (χ0) is 14.8. The van der Waals surface area contributed by atoms with E-state index < -0.39 is 6.10 Å². The molecule has 2 aliphatic heterocycles. The van der Waals surface area contributed by atoms with E-state index >= 15 is 0 Å². The number of aryl methyl sites for hydroxylation is 1. The van der Waals surface area contributed by atoms with Gasteiger partial charge in [-0.2, -0.15) is 0 Å². The minimum absolute atomic E-state index is 0.0986. The Morgan fingerprint density at radius 1 is 1.24 bits per heavy atom. The number of fused-ring (bicyclic) bond motifs is 1. The van der Waals surface area contributed by atoms with Gasteiger partial charge in [-0.1, -0.05) is 12.1 Å². The van der Waals surface area contributed by atoms with E-state index in [4.69, 9.17) is 9.47 Å². The first-order chi connectivity index (χ1) is 10.1. The maximum atomic E-state index is 12.8. The molecular weight excluding hydrogens is 277 g/mol. The van der Waals surface area contributed by atoms with Crippen LogP contribution in [0.1, 0.15) is 12.0 Å². The van der Waals surface area contributed by atoms with Crippen LogP contribution in [0.15, 0.2) is 24.3 Å². The number of aliphatic hydroxyl groups excluding tert-OH is 1. The van der Waals surface area contributed by atoms with Gasteiger partial charge in [0.25, 0.3) is 0 Å². The first-order valence-corrected chi connectivity index (χ1v) is 7.08. The molecule has 0 unspecified atom stereocenters. The van der Waals surface area contributed by atoms with Gasteiger partial charge in [-0.25, -0.2) is 4.39 Å². The van der Waals surface area contributed by atoms with Gasteiger partial charge in [0.1, 0.15) is 24.1 Å². The Morgan fingerprint density at radius 2 is 1.95 bits per heavy atom. The second kappa shape index (κ2) is 6.09. The van der Waals surface area contributed by atoms with Crippen LogP contribution in [0.3, 0.4) is 0 Å². The largest absolute Gasteiger partial charge is 0.388 e. The SMILES string of the molecule is O=C(CCc1ccc(F)cc1)N[C@@H]1CO[C@H]2[C@@H]1OC[C@H]2O. The Balaban J connectivity index is 1.47. The van der Waals surface area contributed by atoms with Crippen LogP contribution in [0.4, 0.5) is 4.39 Å². The third-order valence-corrected chi connectivity index (χ3v) is 3.93. The molecule has 1 aromatic carbocycles. The molecule has 0 bridgehead atoms. The summed E-state index contributed by atoms with van der Waals surface area (Å²) in [5.41, 5.74) is 0.916. The molecule has 1 amide bonds. The fourth-order valence-corrected chi connectivity index (χ4v) is 2.79. The molecule has 2 N–H and O–H groups in total. The lowest BCUT2D eigenvalue weighted by Crippen LogP contribution is -2.44. The fraction of sp³-hybridized carbons (Fsp3) is 0.533. The summed E-state index contributed by atoms with van der Waals surface area (Å²) in [5, 5.41) is 12.5. The standard InChI is InChI=1S/C15H18FNO4/c16-10-4-1-9(2-5-10)3-6-13(19)17-11-7-20-15-12(18)8-21-14(11)15/h1-2,4-5,11-12,14-15,18H,3,6-8H2,(H,17,19)/t11-,12-,14-,15-/m1/s1. The summed E-state index contributed by atoms with van der Waals surface area (Å²) in [6.45, 7) is 0.603. The predicted molar refractivity (Wildman–Crippen MR) is 72.1 cm³/mol.